The Labute approximate surface area is 103 Å². The molecule has 2 atom stereocenters. The maximum atomic E-state index is 12.0. The number of aromatic carboxylic acids is 1. The molecule has 1 aromatic rings. The number of carbonyl (C=O) groups is 2. The van der Waals surface area contributed by atoms with Gasteiger partial charge in [-0.05, 0) is 42.5 Å². The molecule has 1 aromatic heterocycles. The van der Waals surface area contributed by atoms with Gasteiger partial charge in [0.1, 0.15) is 4.88 Å². The van der Waals surface area contributed by atoms with E-state index in [9.17, 15) is 9.59 Å². The lowest BCUT2D eigenvalue weighted by Gasteiger charge is -2.11. The van der Waals surface area contributed by atoms with Crippen LogP contribution in [0, 0.1) is 17.8 Å². The van der Waals surface area contributed by atoms with Gasteiger partial charge in [0, 0.05) is 5.92 Å². The maximum Gasteiger partial charge on any atom is 0.348 e. The minimum Gasteiger partial charge on any atom is -0.477 e. The largest absolute Gasteiger partial charge is 0.477 e. The lowest BCUT2D eigenvalue weighted by molar-refractivity contribution is -0.120. The lowest BCUT2D eigenvalue weighted by atomic mass is 10.0. The molecule has 2 fully saturated rings. The van der Waals surface area contributed by atoms with Gasteiger partial charge in [-0.15, -0.1) is 11.3 Å². The molecule has 5 heteroatoms. The third-order valence-corrected chi connectivity index (χ3v) is 4.63. The molecule has 0 aromatic carbocycles. The summed E-state index contributed by atoms with van der Waals surface area (Å²) in [5.41, 5.74) is 0.438. The Balaban J connectivity index is 1.67. The zero-order valence-corrected chi connectivity index (χ0v) is 10.00. The van der Waals surface area contributed by atoms with E-state index >= 15 is 0 Å². The van der Waals surface area contributed by atoms with E-state index in [1.165, 1.54) is 6.42 Å². The summed E-state index contributed by atoms with van der Waals surface area (Å²) < 4.78 is 0. The van der Waals surface area contributed by atoms with Gasteiger partial charge in [-0.2, -0.15) is 0 Å². The van der Waals surface area contributed by atoms with Crippen LogP contribution >= 0.6 is 11.3 Å². The molecule has 3 rings (SSSR count). The van der Waals surface area contributed by atoms with Crippen LogP contribution in [-0.4, -0.2) is 17.0 Å². The zero-order valence-electron chi connectivity index (χ0n) is 9.18. The molecular weight excluding hydrogens is 238 g/mol. The first-order valence-electron chi connectivity index (χ1n) is 5.77. The summed E-state index contributed by atoms with van der Waals surface area (Å²) in [6.07, 6.45) is 3.23. The van der Waals surface area contributed by atoms with Crippen LogP contribution in [0.3, 0.4) is 0 Å². The summed E-state index contributed by atoms with van der Waals surface area (Å²) in [5.74, 6) is 0.599. The van der Waals surface area contributed by atoms with Crippen LogP contribution in [0.15, 0.2) is 11.4 Å². The molecule has 2 aliphatic rings. The molecule has 0 aliphatic heterocycles. The van der Waals surface area contributed by atoms with Crippen LogP contribution in [0.25, 0.3) is 0 Å². The number of thiophene rings is 1. The van der Waals surface area contributed by atoms with Crippen molar-refractivity contribution in [1.82, 2.24) is 0 Å². The van der Waals surface area contributed by atoms with E-state index in [1.807, 2.05) is 0 Å². The average molecular weight is 251 g/mol. The zero-order chi connectivity index (χ0) is 12.0. The first kappa shape index (κ1) is 10.8. The topological polar surface area (TPSA) is 66.4 Å². The van der Waals surface area contributed by atoms with Crippen molar-refractivity contribution in [3.8, 4) is 0 Å². The van der Waals surface area contributed by atoms with Gasteiger partial charge in [-0.25, -0.2) is 4.79 Å². The number of fused-ring (bicyclic) bond motifs is 1. The van der Waals surface area contributed by atoms with Gasteiger partial charge in [-0.3, -0.25) is 4.79 Å². The molecule has 0 spiro atoms. The highest BCUT2D eigenvalue weighted by Crippen LogP contribution is 2.54. The lowest BCUT2D eigenvalue weighted by Crippen LogP contribution is -2.22. The number of anilines is 1. The molecule has 1 heterocycles. The van der Waals surface area contributed by atoms with Crippen LogP contribution in [0.1, 0.15) is 28.9 Å². The van der Waals surface area contributed by atoms with Gasteiger partial charge < -0.3 is 10.4 Å². The van der Waals surface area contributed by atoms with Gasteiger partial charge >= 0.3 is 5.97 Å². The predicted octanol–water partition coefficient (Wildman–Crippen LogP) is 2.43. The van der Waals surface area contributed by atoms with Crippen molar-refractivity contribution in [2.75, 3.05) is 5.32 Å². The molecule has 2 aliphatic carbocycles. The van der Waals surface area contributed by atoms with Gasteiger partial charge in [0.2, 0.25) is 5.91 Å². The quantitative estimate of drug-likeness (QED) is 0.867. The first-order chi connectivity index (χ1) is 8.15. The molecule has 1 amide bonds. The Kier molecular flexibility index (Phi) is 2.43. The highest BCUT2D eigenvalue weighted by molar-refractivity contribution is 7.12. The molecule has 0 saturated heterocycles. The monoisotopic (exact) mass is 251 g/mol. The summed E-state index contributed by atoms with van der Waals surface area (Å²) in [7, 11) is 0. The number of rotatable bonds is 3. The van der Waals surface area contributed by atoms with E-state index in [4.69, 9.17) is 5.11 Å². The van der Waals surface area contributed by atoms with Crippen LogP contribution in [0.4, 0.5) is 5.69 Å². The molecule has 4 nitrogen and oxygen atoms in total. The van der Waals surface area contributed by atoms with Crippen LogP contribution < -0.4 is 5.32 Å². The van der Waals surface area contributed by atoms with E-state index in [1.54, 1.807) is 11.4 Å². The van der Waals surface area contributed by atoms with Crippen molar-refractivity contribution in [1.29, 1.82) is 0 Å². The van der Waals surface area contributed by atoms with Crippen LogP contribution in [-0.2, 0) is 4.79 Å². The smallest absolute Gasteiger partial charge is 0.348 e. The number of hydrogen-bond donors (Lipinski definition) is 2. The van der Waals surface area contributed by atoms with Gasteiger partial charge in [0.15, 0.2) is 0 Å². The Bertz CT molecular complexity index is 472. The van der Waals surface area contributed by atoms with Crippen molar-refractivity contribution in [3.05, 3.63) is 16.3 Å². The van der Waals surface area contributed by atoms with Gasteiger partial charge in [-0.1, -0.05) is 0 Å². The second-order valence-electron chi connectivity index (χ2n) is 4.88. The fraction of sp³-hybridized carbons (Fsp3) is 0.500. The van der Waals surface area contributed by atoms with E-state index in [2.05, 4.69) is 5.32 Å². The summed E-state index contributed by atoms with van der Waals surface area (Å²) in [6.45, 7) is 0. The fourth-order valence-electron chi connectivity index (χ4n) is 2.74. The van der Waals surface area contributed by atoms with E-state index in [-0.39, 0.29) is 16.7 Å². The predicted molar refractivity (Wildman–Crippen MR) is 64.2 cm³/mol. The number of carboxylic acids is 1. The molecule has 2 saturated carbocycles. The summed E-state index contributed by atoms with van der Waals surface area (Å²) in [4.78, 5) is 23.1. The summed E-state index contributed by atoms with van der Waals surface area (Å²) >= 11 is 1.14. The number of carbonyl (C=O) groups excluding carboxylic acids is 1. The minimum atomic E-state index is -0.982. The Morgan fingerprint density at radius 3 is 2.65 bits per heavy atom. The fourth-order valence-corrected chi connectivity index (χ4v) is 3.42. The van der Waals surface area contributed by atoms with Crippen molar-refractivity contribution in [2.24, 2.45) is 17.8 Å². The molecule has 2 unspecified atom stereocenters. The molecular formula is C12H13NO3S. The third-order valence-electron chi connectivity index (χ3n) is 3.73. The van der Waals surface area contributed by atoms with Crippen molar-refractivity contribution in [2.45, 2.75) is 19.3 Å². The number of amides is 1. The second-order valence-corrected chi connectivity index (χ2v) is 5.80. The number of carboxylic acid groups (broad SMARTS) is 1. The standard InChI is InChI=1S/C12H13NO3S/c14-11(8-4-6-3-7(6)5-8)13-9-1-2-17-10(9)12(15)16/h1-2,6-8H,3-5H2,(H,13,14)(H,15,16). The van der Waals surface area contributed by atoms with Crippen molar-refractivity contribution in [3.63, 3.8) is 0 Å². The van der Waals surface area contributed by atoms with E-state index in [0.29, 0.717) is 5.69 Å². The Morgan fingerprint density at radius 2 is 2.00 bits per heavy atom. The highest BCUT2D eigenvalue weighted by atomic mass is 32.1. The summed E-state index contributed by atoms with van der Waals surface area (Å²) in [6, 6.07) is 1.65. The third kappa shape index (κ3) is 1.95. The molecule has 90 valence electrons. The highest BCUT2D eigenvalue weighted by Gasteiger charge is 2.48. The normalized spacial score (nSPS) is 29.8. The number of hydrogen-bond acceptors (Lipinski definition) is 3. The van der Waals surface area contributed by atoms with Crippen LogP contribution in [0.2, 0.25) is 0 Å². The van der Waals surface area contributed by atoms with Gasteiger partial charge in [0.05, 0.1) is 5.69 Å². The van der Waals surface area contributed by atoms with Crippen molar-refractivity contribution >= 4 is 28.9 Å². The Morgan fingerprint density at radius 1 is 1.29 bits per heavy atom. The maximum absolute atomic E-state index is 12.0. The van der Waals surface area contributed by atoms with Gasteiger partial charge in [0.25, 0.3) is 0 Å². The van der Waals surface area contributed by atoms with E-state index in [0.717, 1.165) is 36.0 Å². The van der Waals surface area contributed by atoms with Crippen LogP contribution in [0.5, 0.6) is 0 Å². The Hall–Kier alpha value is -1.36. The molecule has 2 N–H and O–H groups in total. The first-order valence-corrected chi connectivity index (χ1v) is 6.64. The molecule has 0 radical (unpaired) electrons. The average Bonchev–Trinajstić information content (AvgIpc) is 2.75. The van der Waals surface area contributed by atoms with E-state index < -0.39 is 5.97 Å². The second kappa shape index (κ2) is 3.84. The molecule has 0 bridgehead atoms. The summed E-state index contributed by atoms with van der Waals surface area (Å²) in [5, 5.41) is 13.4. The number of nitrogens with one attached hydrogen (secondary N) is 1. The molecule has 17 heavy (non-hydrogen) atoms. The SMILES string of the molecule is O=C(O)c1sccc1NC(=O)C1CC2CC2C1. The van der Waals surface area contributed by atoms with Crippen molar-refractivity contribution < 1.29 is 14.7 Å². The minimum absolute atomic E-state index is 0.0156.